The highest BCUT2D eigenvalue weighted by Gasteiger charge is 2.30. The predicted molar refractivity (Wildman–Crippen MR) is 193 cm³/mol. The van der Waals surface area contributed by atoms with Gasteiger partial charge in [-0.2, -0.15) is 4.98 Å². The van der Waals surface area contributed by atoms with E-state index < -0.39 is 5.91 Å². The Labute approximate surface area is 297 Å². The quantitative estimate of drug-likeness (QED) is 0.250. The van der Waals surface area contributed by atoms with Crippen molar-refractivity contribution in [1.82, 2.24) is 34.6 Å². The number of fused-ring (bicyclic) bond motifs is 2. The van der Waals surface area contributed by atoms with Crippen molar-refractivity contribution in [3.63, 3.8) is 0 Å². The van der Waals surface area contributed by atoms with Crippen LogP contribution in [-0.4, -0.2) is 86.3 Å². The summed E-state index contributed by atoms with van der Waals surface area (Å²) in [6.45, 7) is 9.19. The summed E-state index contributed by atoms with van der Waals surface area (Å²) in [5.74, 6) is -0.0652. The van der Waals surface area contributed by atoms with E-state index in [1.54, 1.807) is 29.8 Å². The number of hydrogen-bond donors (Lipinski definition) is 2. The number of piperazine rings is 1. The molecule has 12 nitrogen and oxygen atoms in total. The van der Waals surface area contributed by atoms with Gasteiger partial charge in [0.05, 0.1) is 17.4 Å². The zero-order chi connectivity index (χ0) is 36.1. The van der Waals surface area contributed by atoms with Crippen LogP contribution in [0.4, 0.5) is 21.8 Å². The fourth-order valence-electron chi connectivity index (χ4n) is 8.47. The van der Waals surface area contributed by atoms with Gasteiger partial charge in [-0.3, -0.25) is 28.8 Å². The number of amides is 1. The lowest BCUT2D eigenvalue weighted by molar-refractivity contribution is 0.0806. The average molecular weight is 695 g/mol. The number of pyridine rings is 2. The van der Waals surface area contributed by atoms with Crippen molar-refractivity contribution in [1.29, 1.82) is 0 Å². The van der Waals surface area contributed by atoms with Crippen LogP contribution in [0.15, 0.2) is 41.5 Å². The van der Waals surface area contributed by atoms with Crippen molar-refractivity contribution in [3.05, 3.63) is 80.6 Å². The van der Waals surface area contributed by atoms with Crippen molar-refractivity contribution in [2.24, 2.45) is 0 Å². The summed E-state index contributed by atoms with van der Waals surface area (Å²) in [6.07, 6.45) is 9.53. The zero-order valence-electron chi connectivity index (χ0n) is 30.2. The maximum Gasteiger partial charge on any atom is 0.263 e. The highest BCUT2D eigenvalue weighted by atomic mass is 19.1. The maximum atomic E-state index is 15.2. The van der Waals surface area contributed by atoms with Gasteiger partial charge in [-0.25, -0.2) is 14.4 Å². The first kappa shape index (κ1) is 32.2. The lowest BCUT2D eigenvalue weighted by Crippen LogP contribution is -2.53. The number of nitrogens with one attached hydrogen (secondary N) is 2. The third-order valence-corrected chi connectivity index (χ3v) is 11.3. The van der Waals surface area contributed by atoms with E-state index in [-0.39, 0.29) is 35.3 Å². The van der Waals surface area contributed by atoms with E-state index in [0.717, 1.165) is 88.8 Å². The minimum absolute atomic E-state index is 0.00808. The number of piperidine rings is 1. The molecule has 0 atom stereocenters. The summed E-state index contributed by atoms with van der Waals surface area (Å²) in [4.78, 5) is 59.2. The molecule has 1 aromatic carbocycles. The minimum Gasteiger partial charge on any atom is -0.370 e. The number of aromatic nitrogens is 4. The standard InChI is InChI=1S/C38H44FN9O3/c1-23-30-20-42-38(44-35(30)48(27-5-3-4-6-27)37(51)33(23)24(2)49)43-32-10-8-28(19-40-32)46-13-11-26(12-14-46)47-17-15-45(16-18-47)22-25-7-9-29-31(34(25)39)21-41-36(29)50/h7-10,19-20,26-27H,3-6,11-18,21-22H2,1-2H3,(H,41,50)(H,40,42,43,44)/i/hD. The molecule has 1 amide bonds. The minimum atomic E-state index is -0.437. The van der Waals surface area contributed by atoms with E-state index in [1.807, 2.05) is 12.3 Å². The van der Waals surface area contributed by atoms with E-state index in [4.69, 9.17) is 6.40 Å². The highest BCUT2D eigenvalue weighted by molar-refractivity contribution is 5.99. The van der Waals surface area contributed by atoms with E-state index in [9.17, 15) is 14.4 Å². The second-order valence-corrected chi connectivity index (χ2v) is 14.3. The number of hydrogen-bond acceptors (Lipinski definition) is 10. The first-order valence-corrected chi connectivity index (χ1v) is 18.1. The van der Waals surface area contributed by atoms with Crippen LogP contribution in [-0.2, 0) is 13.1 Å². The van der Waals surface area contributed by atoms with Crippen molar-refractivity contribution < 1.29 is 15.4 Å². The fraction of sp³-hybridized carbons (Fsp3) is 0.474. The molecule has 3 fully saturated rings. The van der Waals surface area contributed by atoms with Crippen LogP contribution in [0.2, 0.25) is 1.41 Å². The molecule has 0 bridgehead atoms. The van der Waals surface area contributed by atoms with Crippen molar-refractivity contribution in [2.45, 2.75) is 77.5 Å². The van der Waals surface area contributed by atoms with Crippen molar-refractivity contribution in [3.8, 4) is 0 Å². The normalized spacial score (nSPS) is 19.6. The zero-order valence-corrected chi connectivity index (χ0v) is 29.2. The molecule has 0 spiro atoms. The van der Waals surface area contributed by atoms with Crippen LogP contribution in [0.1, 0.15) is 88.9 Å². The molecule has 8 rings (SSSR count). The number of carbonyl (C=O) groups excluding carboxylic acids is 2. The van der Waals surface area contributed by atoms with Gasteiger partial charge in [-0.15, -0.1) is 0 Å². The molecule has 266 valence electrons. The lowest BCUT2D eigenvalue weighted by Gasteiger charge is -2.43. The Morgan fingerprint density at radius 2 is 1.75 bits per heavy atom. The summed E-state index contributed by atoms with van der Waals surface area (Å²) in [6, 6.07) is 7.86. The van der Waals surface area contributed by atoms with Crippen LogP contribution in [0.5, 0.6) is 0 Å². The topological polar surface area (TPSA) is 129 Å². The van der Waals surface area contributed by atoms with Gasteiger partial charge >= 0.3 is 0 Å². The number of rotatable bonds is 8. The molecular weight excluding hydrogens is 649 g/mol. The predicted octanol–water partition coefficient (Wildman–Crippen LogP) is 4.73. The summed E-state index contributed by atoms with van der Waals surface area (Å²) in [5.41, 5.74) is 3.41. The lowest BCUT2D eigenvalue weighted by atomic mass is 10.0. The Hall–Kier alpha value is -4.75. The van der Waals surface area contributed by atoms with Crippen molar-refractivity contribution in [2.75, 3.05) is 49.5 Å². The summed E-state index contributed by atoms with van der Waals surface area (Å²) in [7, 11) is 0. The number of benzene rings is 1. The van der Waals surface area contributed by atoms with Gasteiger partial charge in [0.25, 0.3) is 11.5 Å². The van der Waals surface area contributed by atoms with Crippen LogP contribution < -0.4 is 21.1 Å². The van der Waals surface area contributed by atoms with E-state index in [1.165, 1.54) is 6.92 Å². The van der Waals surface area contributed by atoms with E-state index in [0.29, 0.717) is 57.6 Å². The molecule has 0 unspecified atom stereocenters. The molecule has 3 aliphatic heterocycles. The molecule has 13 heteroatoms. The second kappa shape index (κ2) is 13.8. The molecule has 4 aromatic rings. The summed E-state index contributed by atoms with van der Waals surface area (Å²) in [5, 5.41) is 4.75. The molecule has 6 heterocycles. The Bertz CT molecular complexity index is 2090. The molecule has 1 aliphatic carbocycles. The number of ketones is 1. The molecule has 0 radical (unpaired) electrons. The third-order valence-electron chi connectivity index (χ3n) is 11.3. The van der Waals surface area contributed by atoms with Gasteiger partial charge in [-0.05, 0) is 63.3 Å². The van der Waals surface area contributed by atoms with Gasteiger partial charge in [-0.1, -0.05) is 18.9 Å². The summed E-state index contributed by atoms with van der Waals surface area (Å²) < 4.78 is 24.6. The summed E-state index contributed by atoms with van der Waals surface area (Å²) >= 11 is 0. The molecule has 2 N–H and O–H groups in total. The van der Waals surface area contributed by atoms with Crippen LogP contribution in [0, 0.1) is 12.7 Å². The molecule has 1 saturated carbocycles. The van der Waals surface area contributed by atoms with Crippen LogP contribution >= 0.6 is 0 Å². The van der Waals surface area contributed by atoms with Gasteiger partial charge in [0.2, 0.25) is 5.95 Å². The smallest absolute Gasteiger partial charge is 0.263 e. The fourth-order valence-corrected chi connectivity index (χ4v) is 8.47. The van der Waals surface area contributed by atoms with Gasteiger partial charge in [0, 0.05) is 92.7 Å². The molecule has 3 aromatic heterocycles. The average Bonchev–Trinajstić information content (AvgIpc) is 3.78. The number of halogens is 1. The Morgan fingerprint density at radius 3 is 2.45 bits per heavy atom. The monoisotopic (exact) mass is 694 g/mol. The first-order chi connectivity index (χ1) is 25.2. The third kappa shape index (κ3) is 6.37. The van der Waals surface area contributed by atoms with Gasteiger partial charge in [0.15, 0.2) is 7.20 Å². The van der Waals surface area contributed by atoms with Crippen molar-refractivity contribution >= 4 is 40.2 Å². The Balaban J connectivity index is 0.866. The number of aryl methyl sites for hydroxylation is 1. The van der Waals surface area contributed by atoms with Crippen LogP contribution in [0.25, 0.3) is 11.0 Å². The van der Waals surface area contributed by atoms with Gasteiger partial charge in [0.1, 0.15) is 17.3 Å². The molecular formula is C38H44FN9O3. The van der Waals surface area contributed by atoms with Crippen LogP contribution in [0.3, 0.4) is 0 Å². The van der Waals surface area contributed by atoms with E-state index in [2.05, 4.69) is 36.1 Å². The Kier molecular flexibility index (Phi) is 8.68. The first-order valence-electron chi connectivity index (χ1n) is 18.6. The van der Waals surface area contributed by atoms with E-state index >= 15 is 4.39 Å². The number of carbonyl (C=O) groups is 2. The van der Waals surface area contributed by atoms with Gasteiger partial charge < -0.3 is 15.5 Å². The highest BCUT2D eigenvalue weighted by Crippen LogP contribution is 2.32. The SMILES string of the molecule is [2H]N1Cc2c(ccc(CN3CCN(C4CCN(c5ccc(Nc6ncc7c(C)c(C(C)=O)c(=O)n(C8CCCC8)c7n6)nc5)CC4)CC3)c2F)C1=O. The molecule has 51 heavy (non-hydrogen) atoms. The second-order valence-electron chi connectivity index (χ2n) is 14.3. The molecule has 4 aliphatic rings. The largest absolute Gasteiger partial charge is 0.370 e. The number of Topliss-reactive ketones (excluding diaryl/α,β-unsaturated/α-hetero) is 1. The Morgan fingerprint density at radius 1 is 0.980 bits per heavy atom. The number of nitrogens with zero attached hydrogens (tertiary/aromatic N) is 7. The molecule has 2 saturated heterocycles. The maximum absolute atomic E-state index is 15.2. The number of anilines is 3.